The number of aromatic nitrogens is 4. The van der Waals surface area contributed by atoms with Gasteiger partial charge in [-0.05, 0) is 13.8 Å². The maximum absolute atomic E-state index is 10.2. The zero-order chi connectivity index (χ0) is 17.3. The Bertz CT molecular complexity index is 743. The quantitative estimate of drug-likeness (QED) is 0.554. The maximum Gasteiger partial charge on any atom is 0.167 e. The normalized spacial score (nSPS) is 26.7. The highest BCUT2D eigenvalue weighted by atomic mass is 16.6. The van der Waals surface area contributed by atoms with Crippen LogP contribution in [0, 0.1) is 0 Å². The molecule has 4 N–H and O–H groups in total. The summed E-state index contributed by atoms with van der Waals surface area (Å²) in [6, 6.07) is 0. The van der Waals surface area contributed by atoms with E-state index in [0.717, 1.165) is 0 Å². The zero-order valence-corrected chi connectivity index (χ0v) is 13.5. The fraction of sp³-hybridized carbons (Fsp3) is 0.533. The number of hydrogen-bond acceptors (Lipinski definition) is 8. The molecule has 130 valence electrons. The van der Waals surface area contributed by atoms with Crippen LogP contribution in [0.2, 0.25) is 0 Å². The third-order valence-corrected chi connectivity index (χ3v) is 3.93. The molecule has 2 aromatic heterocycles. The van der Waals surface area contributed by atoms with Crippen molar-refractivity contribution in [2.75, 3.05) is 18.5 Å². The van der Waals surface area contributed by atoms with Crippen molar-refractivity contribution in [3.05, 3.63) is 24.3 Å². The molecule has 0 spiro atoms. The number of aliphatic hydroxyl groups is 3. The molecule has 9 heteroatoms. The summed E-state index contributed by atoms with van der Waals surface area (Å²) in [6.07, 6.45) is 0.823. The highest BCUT2D eigenvalue weighted by Gasteiger charge is 2.43. The molecule has 0 aliphatic carbocycles. The van der Waals surface area contributed by atoms with Crippen LogP contribution in [-0.4, -0.2) is 66.3 Å². The first-order valence-corrected chi connectivity index (χ1v) is 7.70. The fourth-order valence-electron chi connectivity index (χ4n) is 2.63. The van der Waals surface area contributed by atoms with Crippen LogP contribution in [0.1, 0.15) is 20.1 Å². The highest BCUT2D eigenvalue weighted by molar-refractivity contribution is 5.82. The summed E-state index contributed by atoms with van der Waals surface area (Å²) in [4.78, 5) is 12.7. The van der Waals surface area contributed by atoms with Gasteiger partial charge in [0.1, 0.15) is 24.6 Å². The van der Waals surface area contributed by atoms with E-state index in [1.54, 1.807) is 0 Å². The van der Waals surface area contributed by atoms with Crippen LogP contribution in [0.5, 0.6) is 0 Å². The van der Waals surface area contributed by atoms with Gasteiger partial charge < -0.3 is 25.4 Å². The maximum atomic E-state index is 10.2. The van der Waals surface area contributed by atoms with Gasteiger partial charge in [0.15, 0.2) is 23.2 Å². The molecule has 4 atom stereocenters. The van der Waals surface area contributed by atoms with Gasteiger partial charge >= 0.3 is 0 Å². The Labute approximate surface area is 138 Å². The summed E-state index contributed by atoms with van der Waals surface area (Å²) in [7, 11) is 0. The van der Waals surface area contributed by atoms with Gasteiger partial charge in [-0.2, -0.15) is 0 Å². The van der Waals surface area contributed by atoms with E-state index >= 15 is 0 Å². The Balaban J connectivity index is 1.90. The van der Waals surface area contributed by atoms with Crippen molar-refractivity contribution in [2.24, 2.45) is 0 Å². The van der Waals surface area contributed by atoms with Gasteiger partial charge in [0, 0.05) is 6.54 Å². The topological polar surface area (TPSA) is 126 Å². The molecule has 1 fully saturated rings. The second kappa shape index (κ2) is 6.81. The SMILES string of the molecule is CC(C)=CCNc1ncnc2c1ncn2[C@H]1O[C@@H](CO)[C@H](O)[C@@H]1O. The molecule has 3 heterocycles. The van der Waals surface area contributed by atoms with E-state index < -0.39 is 24.5 Å². The smallest absolute Gasteiger partial charge is 0.167 e. The Morgan fingerprint density at radius 1 is 1.29 bits per heavy atom. The van der Waals surface area contributed by atoms with E-state index in [2.05, 4.69) is 20.3 Å². The van der Waals surface area contributed by atoms with Gasteiger partial charge in [-0.3, -0.25) is 4.57 Å². The third kappa shape index (κ3) is 2.98. The number of imidazole rings is 1. The van der Waals surface area contributed by atoms with Crippen molar-refractivity contribution in [1.29, 1.82) is 0 Å². The lowest BCUT2D eigenvalue weighted by molar-refractivity contribution is -0.0511. The molecule has 1 aliphatic rings. The standard InChI is InChI=1S/C15H21N5O4/c1-8(2)3-4-16-13-10-14(18-6-17-13)20(7-19-10)15-12(23)11(22)9(5-21)24-15/h3,6-7,9,11-12,15,21-23H,4-5H2,1-2H3,(H,16,17,18)/t9-,11-,12-,15-/m0/s1. The Morgan fingerprint density at radius 3 is 2.75 bits per heavy atom. The molecule has 24 heavy (non-hydrogen) atoms. The molecule has 0 saturated carbocycles. The lowest BCUT2D eigenvalue weighted by Gasteiger charge is -2.16. The minimum Gasteiger partial charge on any atom is -0.394 e. The fourth-order valence-corrected chi connectivity index (χ4v) is 2.63. The minimum atomic E-state index is -1.18. The van der Waals surface area contributed by atoms with E-state index in [0.29, 0.717) is 23.5 Å². The van der Waals surface area contributed by atoms with Crippen LogP contribution in [0.3, 0.4) is 0 Å². The molecule has 0 unspecified atom stereocenters. The number of ether oxygens (including phenoxy) is 1. The van der Waals surface area contributed by atoms with Crippen LogP contribution in [0.25, 0.3) is 11.2 Å². The van der Waals surface area contributed by atoms with E-state index in [4.69, 9.17) is 4.74 Å². The predicted molar refractivity (Wildman–Crippen MR) is 86.3 cm³/mol. The molecular weight excluding hydrogens is 314 g/mol. The van der Waals surface area contributed by atoms with Crippen LogP contribution in [-0.2, 0) is 4.74 Å². The van der Waals surface area contributed by atoms with Gasteiger partial charge in [0.25, 0.3) is 0 Å². The zero-order valence-electron chi connectivity index (χ0n) is 13.5. The van der Waals surface area contributed by atoms with Crippen LogP contribution in [0.15, 0.2) is 24.3 Å². The van der Waals surface area contributed by atoms with E-state index in [-0.39, 0.29) is 6.61 Å². The Hall–Kier alpha value is -2.07. The Morgan fingerprint density at radius 2 is 2.08 bits per heavy atom. The largest absolute Gasteiger partial charge is 0.394 e. The summed E-state index contributed by atoms with van der Waals surface area (Å²) < 4.78 is 7.06. The number of fused-ring (bicyclic) bond motifs is 1. The Kier molecular flexibility index (Phi) is 4.76. The molecule has 9 nitrogen and oxygen atoms in total. The molecule has 1 saturated heterocycles. The number of nitrogens with one attached hydrogen (secondary N) is 1. The summed E-state index contributed by atoms with van der Waals surface area (Å²) in [5.41, 5.74) is 2.20. The van der Waals surface area contributed by atoms with Crippen molar-refractivity contribution in [1.82, 2.24) is 19.5 Å². The minimum absolute atomic E-state index is 0.383. The number of allylic oxidation sites excluding steroid dienone is 1. The van der Waals surface area contributed by atoms with Crippen LogP contribution < -0.4 is 5.32 Å². The first-order chi connectivity index (χ1) is 11.5. The van der Waals surface area contributed by atoms with Crippen molar-refractivity contribution >= 4 is 17.0 Å². The number of anilines is 1. The molecule has 2 aromatic rings. The number of aliphatic hydroxyl groups excluding tert-OH is 3. The average Bonchev–Trinajstić information content (AvgIpc) is 3.10. The summed E-state index contributed by atoms with van der Waals surface area (Å²) >= 11 is 0. The summed E-state index contributed by atoms with van der Waals surface area (Å²) in [5.74, 6) is 0.572. The molecule has 0 aromatic carbocycles. The summed E-state index contributed by atoms with van der Waals surface area (Å²) in [5, 5.41) is 32.4. The second-order valence-electron chi connectivity index (χ2n) is 5.94. The lowest BCUT2D eigenvalue weighted by Crippen LogP contribution is -2.33. The lowest BCUT2D eigenvalue weighted by atomic mass is 10.1. The number of hydrogen-bond donors (Lipinski definition) is 4. The van der Waals surface area contributed by atoms with Crippen LogP contribution in [0.4, 0.5) is 5.82 Å². The van der Waals surface area contributed by atoms with Crippen molar-refractivity contribution in [3.63, 3.8) is 0 Å². The van der Waals surface area contributed by atoms with Gasteiger partial charge in [-0.15, -0.1) is 0 Å². The predicted octanol–water partition coefficient (Wildman–Crippen LogP) is -0.184. The first kappa shape index (κ1) is 16.8. The van der Waals surface area contributed by atoms with E-state index in [1.165, 1.54) is 22.8 Å². The average molecular weight is 335 g/mol. The molecule has 3 rings (SSSR count). The van der Waals surface area contributed by atoms with Crippen LogP contribution >= 0.6 is 0 Å². The van der Waals surface area contributed by atoms with Gasteiger partial charge in [-0.1, -0.05) is 11.6 Å². The molecule has 1 aliphatic heterocycles. The second-order valence-corrected chi connectivity index (χ2v) is 5.94. The van der Waals surface area contributed by atoms with Crippen molar-refractivity contribution in [2.45, 2.75) is 38.4 Å². The monoisotopic (exact) mass is 335 g/mol. The van der Waals surface area contributed by atoms with E-state index in [1.807, 2.05) is 19.9 Å². The summed E-state index contributed by atoms with van der Waals surface area (Å²) in [6.45, 7) is 4.24. The molecule has 0 radical (unpaired) electrons. The molecule has 0 bridgehead atoms. The number of rotatable bonds is 5. The highest BCUT2D eigenvalue weighted by Crippen LogP contribution is 2.31. The van der Waals surface area contributed by atoms with Gasteiger partial charge in [0.2, 0.25) is 0 Å². The van der Waals surface area contributed by atoms with Gasteiger partial charge in [-0.25, -0.2) is 15.0 Å². The number of nitrogens with zero attached hydrogens (tertiary/aromatic N) is 4. The molecule has 0 amide bonds. The van der Waals surface area contributed by atoms with Crippen molar-refractivity contribution < 1.29 is 20.1 Å². The van der Waals surface area contributed by atoms with Gasteiger partial charge in [0.05, 0.1) is 12.9 Å². The first-order valence-electron chi connectivity index (χ1n) is 7.70. The van der Waals surface area contributed by atoms with Crippen molar-refractivity contribution in [3.8, 4) is 0 Å². The third-order valence-electron chi connectivity index (χ3n) is 3.93. The molecular formula is C15H21N5O4. The van der Waals surface area contributed by atoms with E-state index in [9.17, 15) is 15.3 Å².